The first kappa shape index (κ1) is 33.2. The number of alkyl halides is 6. The summed E-state index contributed by atoms with van der Waals surface area (Å²) in [6.07, 6.45) is -9.66. The van der Waals surface area contributed by atoms with E-state index < -0.39 is 23.5 Å². The molecule has 8 rings (SSSR count). The number of benzene rings is 6. The van der Waals surface area contributed by atoms with E-state index in [2.05, 4.69) is 4.85 Å². The van der Waals surface area contributed by atoms with Crippen molar-refractivity contribution in [1.82, 2.24) is 9.13 Å². The van der Waals surface area contributed by atoms with Gasteiger partial charge >= 0.3 is 12.4 Å². The van der Waals surface area contributed by atoms with Crippen molar-refractivity contribution in [3.8, 4) is 22.5 Å². The predicted molar refractivity (Wildman–Crippen MR) is 196 cm³/mol. The van der Waals surface area contributed by atoms with E-state index in [0.29, 0.717) is 22.1 Å². The van der Waals surface area contributed by atoms with E-state index in [1.54, 1.807) is 9.13 Å². The number of hydrogen-bond donors (Lipinski definition) is 0. The third kappa shape index (κ3) is 5.29. The fourth-order valence-electron chi connectivity index (χ4n) is 7.40. The smallest absolute Gasteiger partial charge is 0.309 e. The summed E-state index contributed by atoms with van der Waals surface area (Å²) in [6, 6.07) is 27.9. The molecule has 0 aliphatic carbocycles. The second-order valence-electron chi connectivity index (χ2n) is 13.5. The zero-order valence-electron chi connectivity index (χ0n) is 28.4. The van der Waals surface area contributed by atoms with Crippen LogP contribution in [0, 0.1) is 34.3 Å². The highest BCUT2D eigenvalue weighted by atomic mass is 19.4. The summed E-state index contributed by atoms with van der Waals surface area (Å²) in [6.45, 7) is 15.2. The lowest BCUT2D eigenvalue weighted by Crippen LogP contribution is -2.12. The van der Waals surface area contributed by atoms with Crippen molar-refractivity contribution in [2.24, 2.45) is 0 Å². The molecule has 2 heterocycles. The van der Waals surface area contributed by atoms with Crippen molar-refractivity contribution in [3.05, 3.63) is 148 Å². The number of rotatable bonds is 3. The summed E-state index contributed by atoms with van der Waals surface area (Å²) in [5.41, 5.74) is 3.61. The zero-order chi connectivity index (χ0) is 36.9. The molecule has 0 atom stereocenters. The maximum Gasteiger partial charge on any atom is 0.416 e. The Kier molecular flexibility index (Phi) is 7.33. The number of aromatic nitrogens is 2. The Morgan fingerprint density at radius 2 is 0.808 bits per heavy atom. The molecule has 258 valence electrons. The molecule has 2 aromatic heterocycles. The van der Waals surface area contributed by atoms with E-state index in [1.807, 2.05) is 100 Å². The molecular weight excluding hydrogens is 672 g/mol. The summed E-state index contributed by atoms with van der Waals surface area (Å²) < 4.78 is 92.6. The molecular formula is C43H29F6N3. The molecule has 0 aliphatic rings. The summed E-state index contributed by atoms with van der Waals surface area (Å²) in [4.78, 5) is 3.38. The third-order valence-corrected chi connectivity index (χ3v) is 9.73. The standard InChI is InChI=1S/C43H29F6N3/c1-23-6-10-31-32-11-7-24(2)15-36(32)51(35(31)14-23)39-21-29(43(47,48)49)22-40(41(39)27-18-28(42(44,45)46)20-30(19-27)50-5)52-37-16-25(3)8-12-33(37)34-13-9-26(4)17-38(34)52/h6-22H,1-4H3. The molecule has 0 amide bonds. The molecule has 0 unspecified atom stereocenters. The van der Waals surface area contributed by atoms with Crippen LogP contribution in [0.5, 0.6) is 0 Å². The van der Waals surface area contributed by atoms with Crippen LogP contribution >= 0.6 is 0 Å². The molecule has 52 heavy (non-hydrogen) atoms. The van der Waals surface area contributed by atoms with E-state index >= 15 is 13.2 Å². The number of halogens is 6. The molecule has 8 aromatic rings. The van der Waals surface area contributed by atoms with Crippen molar-refractivity contribution >= 4 is 49.3 Å². The Morgan fingerprint density at radius 3 is 1.13 bits per heavy atom. The second-order valence-corrected chi connectivity index (χ2v) is 13.5. The van der Waals surface area contributed by atoms with Gasteiger partial charge in [-0.3, -0.25) is 0 Å². The van der Waals surface area contributed by atoms with Gasteiger partial charge in [0.1, 0.15) is 0 Å². The van der Waals surface area contributed by atoms with Crippen LogP contribution in [0.15, 0.2) is 103 Å². The summed E-state index contributed by atoms with van der Waals surface area (Å²) >= 11 is 0. The number of nitrogens with zero attached hydrogens (tertiary/aromatic N) is 3. The molecule has 0 spiro atoms. The molecule has 0 fully saturated rings. The minimum absolute atomic E-state index is 0.0339. The monoisotopic (exact) mass is 701 g/mol. The molecule has 0 radical (unpaired) electrons. The molecule has 9 heteroatoms. The van der Waals surface area contributed by atoms with Crippen molar-refractivity contribution in [3.63, 3.8) is 0 Å². The van der Waals surface area contributed by atoms with Crippen LogP contribution in [0.3, 0.4) is 0 Å². The highest BCUT2D eigenvalue weighted by Crippen LogP contribution is 2.47. The average Bonchev–Trinajstić information content (AvgIpc) is 3.56. The van der Waals surface area contributed by atoms with Crippen LogP contribution in [0.25, 0.3) is 71.0 Å². The van der Waals surface area contributed by atoms with E-state index in [-0.39, 0.29) is 28.2 Å². The molecule has 0 aliphatic heterocycles. The van der Waals surface area contributed by atoms with Gasteiger partial charge in [-0.25, -0.2) is 4.85 Å². The first-order valence-corrected chi connectivity index (χ1v) is 16.5. The van der Waals surface area contributed by atoms with Crippen LogP contribution in [0.4, 0.5) is 32.0 Å². The van der Waals surface area contributed by atoms with Crippen LogP contribution in [0.2, 0.25) is 0 Å². The zero-order valence-corrected chi connectivity index (χ0v) is 28.4. The predicted octanol–water partition coefficient (Wildman–Crippen LogP) is 13.4. The van der Waals surface area contributed by atoms with Crippen molar-refractivity contribution < 1.29 is 26.3 Å². The van der Waals surface area contributed by atoms with Crippen LogP contribution in [0.1, 0.15) is 33.4 Å². The lowest BCUT2D eigenvalue weighted by Gasteiger charge is -2.23. The number of fused-ring (bicyclic) bond motifs is 6. The topological polar surface area (TPSA) is 14.2 Å². The Balaban J connectivity index is 1.67. The molecule has 3 nitrogen and oxygen atoms in total. The third-order valence-electron chi connectivity index (χ3n) is 9.73. The van der Waals surface area contributed by atoms with Gasteiger partial charge in [-0.2, -0.15) is 26.3 Å². The Hall–Kier alpha value is -6.01. The van der Waals surface area contributed by atoms with Crippen LogP contribution < -0.4 is 0 Å². The maximum absolute atomic E-state index is 15.2. The lowest BCUT2D eigenvalue weighted by atomic mass is 9.95. The van der Waals surface area contributed by atoms with Gasteiger partial charge in [0, 0.05) is 32.7 Å². The summed E-state index contributed by atoms with van der Waals surface area (Å²) in [5, 5.41) is 3.11. The molecule has 0 bridgehead atoms. The number of hydrogen-bond acceptors (Lipinski definition) is 0. The SMILES string of the molecule is [C-]#[N+]c1cc(-c2c(-n3c4cc(C)ccc4c4ccc(C)cc43)cc(C(F)(F)F)cc2-n2c3cc(C)ccc3c3ccc(C)cc32)cc(C(F)(F)F)c1. The van der Waals surface area contributed by atoms with Gasteiger partial charge in [0.05, 0.1) is 45.6 Å². The first-order chi connectivity index (χ1) is 24.6. The van der Waals surface area contributed by atoms with Gasteiger partial charge < -0.3 is 9.13 Å². The first-order valence-electron chi connectivity index (χ1n) is 16.5. The van der Waals surface area contributed by atoms with E-state index in [9.17, 15) is 13.2 Å². The van der Waals surface area contributed by atoms with Crippen LogP contribution in [-0.4, -0.2) is 9.13 Å². The van der Waals surface area contributed by atoms with Crippen molar-refractivity contribution in [1.29, 1.82) is 0 Å². The van der Waals surface area contributed by atoms with E-state index in [4.69, 9.17) is 6.57 Å². The van der Waals surface area contributed by atoms with Gasteiger partial charge in [-0.05, 0) is 110 Å². The molecule has 6 aromatic carbocycles. The van der Waals surface area contributed by atoms with Gasteiger partial charge in [-0.15, -0.1) is 0 Å². The Bertz CT molecular complexity index is 2560. The molecule has 0 saturated carbocycles. The summed E-state index contributed by atoms with van der Waals surface area (Å²) in [7, 11) is 0. The largest absolute Gasteiger partial charge is 0.416 e. The van der Waals surface area contributed by atoms with Gasteiger partial charge in [0.25, 0.3) is 0 Å². The quantitative estimate of drug-likeness (QED) is 0.129. The van der Waals surface area contributed by atoms with Gasteiger partial charge in [-0.1, -0.05) is 48.5 Å². The molecule has 0 N–H and O–H groups in total. The highest BCUT2D eigenvalue weighted by Gasteiger charge is 2.36. The minimum Gasteiger partial charge on any atom is -0.309 e. The lowest BCUT2D eigenvalue weighted by molar-refractivity contribution is -0.138. The second kappa shape index (κ2) is 11.5. The highest BCUT2D eigenvalue weighted by molar-refractivity contribution is 6.12. The molecule has 0 saturated heterocycles. The fraction of sp³-hybridized carbons (Fsp3) is 0.140. The maximum atomic E-state index is 15.2. The Labute approximate surface area is 294 Å². The summed E-state index contributed by atoms with van der Waals surface area (Å²) in [5.74, 6) is 0. The van der Waals surface area contributed by atoms with Gasteiger partial charge in [0.15, 0.2) is 5.69 Å². The van der Waals surface area contributed by atoms with E-state index in [0.717, 1.165) is 68.1 Å². The van der Waals surface area contributed by atoms with Crippen LogP contribution in [-0.2, 0) is 12.4 Å². The van der Waals surface area contributed by atoms with Crippen molar-refractivity contribution in [2.75, 3.05) is 0 Å². The fourth-order valence-corrected chi connectivity index (χ4v) is 7.40. The number of aryl methyl sites for hydroxylation is 4. The van der Waals surface area contributed by atoms with Crippen molar-refractivity contribution in [2.45, 2.75) is 40.0 Å². The average molecular weight is 702 g/mol. The van der Waals surface area contributed by atoms with Gasteiger partial charge in [0.2, 0.25) is 0 Å². The normalized spacial score (nSPS) is 12.4. The minimum atomic E-state index is -4.83. The Morgan fingerprint density at radius 1 is 0.462 bits per heavy atom. The van der Waals surface area contributed by atoms with E-state index in [1.165, 1.54) is 6.07 Å².